The zero-order valence-corrected chi connectivity index (χ0v) is 17.0. The van der Waals surface area contributed by atoms with Crippen molar-refractivity contribution in [2.24, 2.45) is 5.10 Å². The van der Waals surface area contributed by atoms with Gasteiger partial charge in [0.25, 0.3) is 0 Å². The van der Waals surface area contributed by atoms with E-state index in [-0.39, 0.29) is 44.0 Å². The van der Waals surface area contributed by atoms with Crippen LogP contribution in [-0.4, -0.2) is 60.8 Å². The molecule has 0 amide bonds. The van der Waals surface area contributed by atoms with Gasteiger partial charge in [0.15, 0.2) is 5.82 Å². The highest BCUT2D eigenvalue weighted by Gasteiger charge is 2.15. The van der Waals surface area contributed by atoms with Gasteiger partial charge in [0.2, 0.25) is 0 Å². The molecule has 8 nitrogen and oxygen atoms in total. The summed E-state index contributed by atoms with van der Waals surface area (Å²) in [6, 6.07) is 10.1. The van der Waals surface area contributed by atoms with Gasteiger partial charge in [-0.05, 0) is 12.5 Å². The van der Waals surface area contributed by atoms with Gasteiger partial charge in [0.1, 0.15) is 12.4 Å². The molecule has 1 aromatic carbocycles. The predicted octanol–water partition coefficient (Wildman–Crippen LogP) is -4.55. The van der Waals surface area contributed by atoms with Crippen LogP contribution in [0.3, 0.4) is 0 Å². The van der Waals surface area contributed by atoms with Gasteiger partial charge >= 0.3 is 6.01 Å². The van der Waals surface area contributed by atoms with E-state index >= 15 is 0 Å². The highest BCUT2D eigenvalue weighted by molar-refractivity contribution is 5.80. The second-order valence-corrected chi connectivity index (χ2v) is 5.85. The molecule has 1 saturated heterocycles. The zero-order valence-electron chi connectivity index (χ0n) is 15.5. The minimum absolute atomic E-state index is 0. The van der Waals surface area contributed by atoms with E-state index < -0.39 is 0 Å². The molecule has 3 rings (SSSR count). The Balaban J connectivity index is 0.00000196. The van der Waals surface area contributed by atoms with E-state index in [1.54, 1.807) is 6.21 Å². The Morgan fingerprint density at radius 1 is 1.25 bits per heavy atom. The molecular formula is C18H23Cl2N5O3-2. The summed E-state index contributed by atoms with van der Waals surface area (Å²) >= 11 is 0. The summed E-state index contributed by atoms with van der Waals surface area (Å²) in [4.78, 5) is 10.8. The first-order valence-corrected chi connectivity index (χ1v) is 8.56. The number of anilines is 2. The molecule has 28 heavy (non-hydrogen) atoms. The number of halogens is 2. The molecule has 1 aliphatic heterocycles. The molecule has 154 valence electrons. The van der Waals surface area contributed by atoms with Crippen LogP contribution in [0.1, 0.15) is 11.1 Å². The Kier molecular flexibility index (Phi) is 10.5. The second-order valence-electron chi connectivity index (χ2n) is 5.85. The molecule has 10 heteroatoms. The van der Waals surface area contributed by atoms with Crippen molar-refractivity contribution in [2.45, 2.75) is 6.92 Å². The molecule has 0 atom stereocenters. The minimum Gasteiger partial charge on any atom is -1.00 e. The number of aliphatic hydroxyl groups excluding tert-OH is 1. The van der Waals surface area contributed by atoms with Gasteiger partial charge in [-0.25, -0.2) is 0 Å². The fraction of sp³-hybridized carbons (Fsp3) is 0.389. The quantitative estimate of drug-likeness (QED) is 0.339. The number of hydrogen-bond acceptors (Lipinski definition) is 8. The number of ether oxygens (including phenoxy) is 2. The summed E-state index contributed by atoms with van der Waals surface area (Å²) in [5, 5.41) is 13.2. The number of hydrogen-bond donors (Lipinski definition) is 2. The predicted molar refractivity (Wildman–Crippen MR) is 100 cm³/mol. The van der Waals surface area contributed by atoms with E-state index in [1.807, 2.05) is 37.3 Å². The van der Waals surface area contributed by atoms with Crippen molar-refractivity contribution in [1.29, 1.82) is 0 Å². The molecular weight excluding hydrogens is 405 g/mol. The third kappa shape index (κ3) is 7.12. The van der Waals surface area contributed by atoms with E-state index in [0.29, 0.717) is 19.0 Å². The smallest absolute Gasteiger partial charge is 0.320 e. The van der Waals surface area contributed by atoms with Crippen molar-refractivity contribution in [2.75, 3.05) is 49.8 Å². The lowest BCUT2D eigenvalue weighted by Crippen LogP contribution is -3.00. The molecule has 0 radical (unpaired) electrons. The standard InChI is InChI=1S/C18H23N5O3.2ClH/c1-14-3-2-4-15(11-14)13-19-22-16-12-17(23-5-8-25-9-6-23)21-18(20-16)26-10-7-24;;/h2-4,11-13,24H,5-10H2,1H3,(H,20,21,22);2*1H/p-2/b19-13+;;. The van der Waals surface area contributed by atoms with Crippen molar-refractivity contribution in [3.05, 3.63) is 41.5 Å². The number of hydrazone groups is 1. The molecule has 0 unspecified atom stereocenters. The molecule has 0 bridgehead atoms. The molecule has 1 aromatic heterocycles. The molecule has 2 aromatic rings. The highest BCUT2D eigenvalue weighted by Crippen LogP contribution is 2.20. The van der Waals surface area contributed by atoms with Crippen molar-refractivity contribution in [3.8, 4) is 6.01 Å². The SMILES string of the molecule is Cc1cccc(/C=N/Nc2cc(N3CCOCC3)nc(OCCO)n2)c1.[Cl-].[Cl-]. The van der Waals surface area contributed by atoms with Gasteiger partial charge in [0, 0.05) is 19.2 Å². The minimum atomic E-state index is -0.0978. The molecule has 2 N–H and O–H groups in total. The van der Waals surface area contributed by atoms with Crippen LogP contribution in [0.25, 0.3) is 0 Å². The van der Waals surface area contributed by atoms with Crippen LogP contribution in [0.5, 0.6) is 6.01 Å². The van der Waals surface area contributed by atoms with Crippen molar-refractivity contribution in [3.63, 3.8) is 0 Å². The zero-order chi connectivity index (χ0) is 18.2. The van der Waals surface area contributed by atoms with Crippen LogP contribution < -0.4 is 39.9 Å². The van der Waals surface area contributed by atoms with Crippen LogP contribution in [0, 0.1) is 6.92 Å². The van der Waals surface area contributed by atoms with E-state index in [4.69, 9.17) is 14.6 Å². The summed E-state index contributed by atoms with van der Waals surface area (Å²) in [6.07, 6.45) is 1.73. The summed E-state index contributed by atoms with van der Waals surface area (Å²) in [5.74, 6) is 1.27. The number of nitrogens with zero attached hydrogens (tertiary/aromatic N) is 4. The Morgan fingerprint density at radius 3 is 2.75 bits per heavy atom. The first-order chi connectivity index (χ1) is 12.7. The molecule has 1 aliphatic rings. The summed E-state index contributed by atoms with van der Waals surface area (Å²) < 4.78 is 10.8. The third-order valence-corrected chi connectivity index (χ3v) is 3.78. The van der Waals surface area contributed by atoms with Gasteiger partial charge < -0.3 is 44.3 Å². The number of nitrogens with one attached hydrogen (secondary N) is 1. The number of aliphatic hydroxyl groups is 1. The normalized spacial score (nSPS) is 13.6. The van der Waals surface area contributed by atoms with Gasteiger partial charge in [-0.1, -0.05) is 29.8 Å². The maximum absolute atomic E-state index is 8.96. The van der Waals surface area contributed by atoms with Crippen molar-refractivity contribution in [1.82, 2.24) is 9.97 Å². The maximum Gasteiger partial charge on any atom is 0.320 e. The lowest BCUT2D eigenvalue weighted by atomic mass is 10.2. The number of morpholine rings is 1. The van der Waals surface area contributed by atoms with Crippen LogP contribution in [-0.2, 0) is 4.74 Å². The molecule has 0 spiro atoms. The monoisotopic (exact) mass is 427 g/mol. The first kappa shape index (κ1) is 23.9. The number of rotatable bonds is 7. The number of aryl methyl sites for hydroxylation is 1. The van der Waals surface area contributed by atoms with E-state index in [9.17, 15) is 0 Å². The summed E-state index contributed by atoms with van der Waals surface area (Å²) in [7, 11) is 0. The van der Waals surface area contributed by atoms with E-state index in [1.165, 1.54) is 5.56 Å². The molecule has 0 saturated carbocycles. The van der Waals surface area contributed by atoms with Crippen LogP contribution >= 0.6 is 0 Å². The Hall–Kier alpha value is -2.13. The molecule has 1 fully saturated rings. The molecule has 0 aliphatic carbocycles. The topological polar surface area (TPSA) is 92.1 Å². The Bertz CT molecular complexity index is 758. The number of aromatic nitrogens is 2. The van der Waals surface area contributed by atoms with Crippen LogP contribution in [0.2, 0.25) is 0 Å². The van der Waals surface area contributed by atoms with Gasteiger partial charge in [-0.2, -0.15) is 15.1 Å². The van der Waals surface area contributed by atoms with Crippen molar-refractivity contribution >= 4 is 17.9 Å². The number of benzene rings is 1. The van der Waals surface area contributed by atoms with E-state index in [2.05, 4.69) is 25.4 Å². The lowest BCUT2D eigenvalue weighted by Gasteiger charge is -2.28. The maximum atomic E-state index is 8.96. The highest BCUT2D eigenvalue weighted by atomic mass is 35.5. The Morgan fingerprint density at radius 2 is 2.04 bits per heavy atom. The van der Waals surface area contributed by atoms with Gasteiger partial charge in [0.05, 0.1) is 26.0 Å². The third-order valence-electron chi connectivity index (χ3n) is 3.78. The first-order valence-electron chi connectivity index (χ1n) is 8.56. The van der Waals surface area contributed by atoms with Gasteiger partial charge in [-0.15, -0.1) is 0 Å². The van der Waals surface area contributed by atoms with Crippen LogP contribution in [0.4, 0.5) is 11.6 Å². The summed E-state index contributed by atoms with van der Waals surface area (Å²) in [6.45, 7) is 4.90. The van der Waals surface area contributed by atoms with E-state index in [0.717, 1.165) is 24.5 Å². The fourth-order valence-corrected chi connectivity index (χ4v) is 2.55. The summed E-state index contributed by atoms with van der Waals surface area (Å²) in [5.41, 5.74) is 5.10. The average molecular weight is 428 g/mol. The Labute approximate surface area is 176 Å². The largest absolute Gasteiger partial charge is 1.00 e. The lowest BCUT2D eigenvalue weighted by molar-refractivity contribution is -0.001000. The second kappa shape index (κ2) is 12.4. The average Bonchev–Trinajstić information content (AvgIpc) is 2.67. The van der Waals surface area contributed by atoms with Crippen molar-refractivity contribution < 1.29 is 39.4 Å². The van der Waals surface area contributed by atoms with Crippen LogP contribution in [0.15, 0.2) is 35.4 Å². The van der Waals surface area contributed by atoms with Gasteiger partial charge in [-0.3, -0.25) is 5.43 Å². The molecule has 2 heterocycles. The fourth-order valence-electron chi connectivity index (χ4n) is 2.55.